The molecule has 0 aliphatic heterocycles. The van der Waals surface area contributed by atoms with Crippen LogP contribution in [0.15, 0.2) is 77.7 Å². The number of anilines is 1. The summed E-state index contributed by atoms with van der Waals surface area (Å²) >= 11 is 0. The first-order valence-corrected chi connectivity index (χ1v) is 11.9. The van der Waals surface area contributed by atoms with Crippen LogP contribution < -0.4 is 15.8 Å². The molecule has 0 saturated carbocycles. The largest absolute Gasteiger partial charge is 0.384 e. The Hall–Kier alpha value is -4.02. The van der Waals surface area contributed by atoms with Gasteiger partial charge in [-0.2, -0.15) is 0 Å². The molecule has 1 amide bonds. The van der Waals surface area contributed by atoms with E-state index in [9.17, 15) is 13.2 Å². The highest BCUT2D eigenvalue weighted by Crippen LogP contribution is 2.21. The minimum absolute atomic E-state index is 0.0247. The Labute approximate surface area is 197 Å². The van der Waals surface area contributed by atoms with Gasteiger partial charge in [0.2, 0.25) is 15.9 Å². The number of nitrogens with two attached hydrogens (primary N) is 1. The van der Waals surface area contributed by atoms with E-state index in [1.54, 1.807) is 42.5 Å². The molecule has 10 heteroatoms. The summed E-state index contributed by atoms with van der Waals surface area (Å²) in [4.78, 5) is 17.1. The van der Waals surface area contributed by atoms with Gasteiger partial charge in [0.05, 0.1) is 22.5 Å². The third-order valence-corrected chi connectivity index (χ3v) is 6.78. The first-order chi connectivity index (χ1) is 16.2. The maximum Gasteiger partial charge on any atom is 0.241 e. The van der Waals surface area contributed by atoms with Crippen LogP contribution in [0.4, 0.5) is 5.69 Å². The Morgan fingerprint density at radius 1 is 1.06 bits per heavy atom. The molecule has 0 aliphatic rings. The number of sulfonamides is 1. The zero-order valence-corrected chi connectivity index (χ0v) is 19.3. The van der Waals surface area contributed by atoms with Crippen molar-refractivity contribution in [3.8, 4) is 0 Å². The van der Waals surface area contributed by atoms with Crippen LogP contribution in [0.2, 0.25) is 0 Å². The van der Waals surface area contributed by atoms with Crippen molar-refractivity contribution >= 4 is 38.5 Å². The lowest BCUT2D eigenvalue weighted by molar-refractivity contribution is -0.115. The number of nitrogens with one attached hydrogen (secondary N) is 3. The number of amidine groups is 1. The number of nitrogens with zero attached hydrogens (tertiary/aromatic N) is 2. The Balaban J connectivity index is 1.44. The average Bonchev–Trinajstić information content (AvgIpc) is 3.13. The van der Waals surface area contributed by atoms with Crippen LogP contribution >= 0.6 is 0 Å². The van der Waals surface area contributed by atoms with Gasteiger partial charge in [0, 0.05) is 24.7 Å². The van der Waals surface area contributed by atoms with E-state index < -0.39 is 15.9 Å². The second-order valence-corrected chi connectivity index (χ2v) is 9.53. The van der Waals surface area contributed by atoms with Crippen molar-refractivity contribution in [1.29, 1.82) is 5.41 Å². The molecule has 4 aromatic rings. The monoisotopic (exact) mass is 476 g/mol. The Morgan fingerprint density at radius 2 is 1.76 bits per heavy atom. The Bertz CT molecular complexity index is 1460. The van der Waals surface area contributed by atoms with Gasteiger partial charge < -0.3 is 15.6 Å². The molecular weight excluding hydrogens is 452 g/mol. The van der Waals surface area contributed by atoms with Gasteiger partial charge in [-0.25, -0.2) is 18.1 Å². The number of aromatic nitrogens is 2. The van der Waals surface area contributed by atoms with Gasteiger partial charge in [0.25, 0.3) is 0 Å². The molecule has 0 radical (unpaired) electrons. The fourth-order valence-electron chi connectivity index (χ4n) is 3.52. The van der Waals surface area contributed by atoms with Crippen molar-refractivity contribution in [3.63, 3.8) is 0 Å². The van der Waals surface area contributed by atoms with E-state index in [2.05, 4.69) is 10.0 Å². The van der Waals surface area contributed by atoms with Crippen LogP contribution in [0.3, 0.4) is 0 Å². The van der Waals surface area contributed by atoms with E-state index in [0.29, 0.717) is 23.2 Å². The van der Waals surface area contributed by atoms with Gasteiger partial charge in [-0.15, -0.1) is 0 Å². The minimum atomic E-state index is -3.77. The summed E-state index contributed by atoms with van der Waals surface area (Å²) in [6.45, 7) is -0.390. The van der Waals surface area contributed by atoms with E-state index in [0.717, 1.165) is 16.9 Å². The van der Waals surface area contributed by atoms with Gasteiger partial charge >= 0.3 is 0 Å². The number of rotatable bonds is 8. The molecule has 34 heavy (non-hydrogen) atoms. The predicted molar refractivity (Wildman–Crippen MR) is 131 cm³/mol. The predicted octanol–water partition coefficient (Wildman–Crippen LogP) is 2.37. The highest BCUT2D eigenvalue weighted by molar-refractivity contribution is 7.89. The van der Waals surface area contributed by atoms with Gasteiger partial charge in [0.1, 0.15) is 11.7 Å². The highest BCUT2D eigenvalue weighted by atomic mass is 32.2. The summed E-state index contributed by atoms with van der Waals surface area (Å²) in [5, 5.41) is 10.2. The van der Waals surface area contributed by atoms with Crippen molar-refractivity contribution in [2.45, 2.75) is 11.3 Å². The minimum Gasteiger partial charge on any atom is -0.384 e. The third kappa shape index (κ3) is 5.13. The molecule has 0 unspecified atom stereocenters. The molecular formula is C24H24N6O3S. The van der Waals surface area contributed by atoms with E-state index in [-0.39, 0.29) is 17.3 Å². The van der Waals surface area contributed by atoms with E-state index >= 15 is 0 Å². The number of carbonyl (C=O) groups is 1. The van der Waals surface area contributed by atoms with Crippen LogP contribution in [0.25, 0.3) is 11.0 Å². The van der Waals surface area contributed by atoms with Crippen molar-refractivity contribution < 1.29 is 13.2 Å². The average molecular weight is 477 g/mol. The van der Waals surface area contributed by atoms with E-state index in [1.807, 2.05) is 29.8 Å². The molecule has 9 nitrogen and oxygen atoms in total. The number of fused-ring (bicyclic) bond motifs is 1. The number of amides is 1. The lowest BCUT2D eigenvalue weighted by atomic mass is 10.1. The second kappa shape index (κ2) is 9.46. The zero-order valence-electron chi connectivity index (χ0n) is 18.4. The summed E-state index contributed by atoms with van der Waals surface area (Å²) in [5.74, 6) is 0.377. The molecule has 4 rings (SSSR count). The molecule has 0 saturated heterocycles. The SMILES string of the molecule is Cn1c(Cc2ccc(C(=N)N)cc2)nc2cc(NC(=O)CNS(=O)(=O)c3ccccc3)ccc21. The quantitative estimate of drug-likeness (QED) is 0.228. The standard InChI is InChI=1S/C24H24N6O3S/c1-30-21-12-11-18(28-23(31)15-27-34(32,33)19-5-3-2-4-6-19)14-20(21)29-22(30)13-16-7-9-17(10-8-16)24(25)26/h2-12,14,27H,13,15H2,1H3,(H3,25,26)(H,28,31). The fraction of sp³-hybridized carbons (Fsp3) is 0.125. The lowest BCUT2D eigenvalue weighted by Gasteiger charge is -2.08. The van der Waals surface area contributed by atoms with Crippen LogP contribution in [-0.4, -0.2) is 36.3 Å². The number of hydrogen-bond donors (Lipinski definition) is 4. The summed E-state index contributed by atoms with van der Waals surface area (Å²) < 4.78 is 28.9. The molecule has 0 aliphatic carbocycles. The Kier molecular flexibility index (Phi) is 6.44. The molecule has 5 N–H and O–H groups in total. The van der Waals surface area contributed by atoms with Gasteiger partial charge in [0.15, 0.2) is 0 Å². The number of aryl methyl sites for hydroxylation is 1. The van der Waals surface area contributed by atoms with Crippen LogP contribution in [0, 0.1) is 5.41 Å². The maximum atomic E-state index is 12.3. The second-order valence-electron chi connectivity index (χ2n) is 7.76. The third-order valence-electron chi connectivity index (χ3n) is 5.36. The normalized spacial score (nSPS) is 11.4. The summed E-state index contributed by atoms with van der Waals surface area (Å²) in [7, 11) is -1.85. The summed E-state index contributed by atoms with van der Waals surface area (Å²) in [6.07, 6.45) is 0.590. The maximum absolute atomic E-state index is 12.3. The highest BCUT2D eigenvalue weighted by Gasteiger charge is 2.15. The number of benzene rings is 3. The molecule has 0 fully saturated rings. The van der Waals surface area contributed by atoms with Crippen molar-refractivity contribution in [2.24, 2.45) is 12.8 Å². The summed E-state index contributed by atoms with van der Waals surface area (Å²) in [5.41, 5.74) is 9.34. The first kappa shape index (κ1) is 23.1. The number of carbonyl (C=O) groups excluding carboxylic acids is 1. The van der Waals surface area contributed by atoms with Gasteiger partial charge in [-0.05, 0) is 35.9 Å². The van der Waals surface area contributed by atoms with E-state index in [1.165, 1.54) is 12.1 Å². The topological polar surface area (TPSA) is 143 Å². The van der Waals surface area contributed by atoms with Crippen molar-refractivity contribution in [1.82, 2.24) is 14.3 Å². The Morgan fingerprint density at radius 3 is 2.44 bits per heavy atom. The first-order valence-electron chi connectivity index (χ1n) is 10.5. The van der Waals surface area contributed by atoms with Crippen molar-refractivity contribution in [2.75, 3.05) is 11.9 Å². The molecule has 1 aromatic heterocycles. The molecule has 0 bridgehead atoms. The van der Waals surface area contributed by atoms with Crippen LogP contribution in [-0.2, 0) is 28.3 Å². The zero-order chi connectivity index (χ0) is 24.3. The van der Waals surface area contributed by atoms with Crippen LogP contribution in [0.5, 0.6) is 0 Å². The number of nitrogen functional groups attached to an aromatic ring is 1. The molecule has 174 valence electrons. The van der Waals surface area contributed by atoms with Gasteiger partial charge in [-0.1, -0.05) is 42.5 Å². The molecule has 1 heterocycles. The molecule has 0 spiro atoms. The number of imidazole rings is 1. The summed E-state index contributed by atoms with van der Waals surface area (Å²) in [6, 6.07) is 20.7. The van der Waals surface area contributed by atoms with Crippen molar-refractivity contribution in [3.05, 3.63) is 89.7 Å². The smallest absolute Gasteiger partial charge is 0.241 e. The molecule has 3 aromatic carbocycles. The van der Waals surface area contributed by atoms with Crippen LogP contribution in [0.1, 0.15) is 17.0 Å². The van der Waals surface area contributed by atoms with E-state index in [4.69, 9.17) is 16.1 Å². The fourth-order valence-corrected chi connectivity index (χ4v) is 4.52. The lowest BCUT2D eigenvalue weighted by Crippen LogP contribution is -2.32. The molecule has 0 atom stereocenters. The number of hydrogen-bond acceptors (Lipinski definition) is 5. The van der Waals surface area contributed by atoms with Gasteiger partial charge in [-0.3, -0.25) is 10.2 Å².